The predicted octanol–water partition coefficient (Wildman–Crippen LogP) is 3.79. The molecule has 4 rings (SSSR count). The van der Waals surface area contributed by atoms with Crippen LogP contribution >= 0.6 is 0 Å². The van der Waals surface area contributed by atoms with Gasteiger partial charge in [0.05, 0.1) is 29.3 Å². The molecule has 156 valence electrons. The zero-order valence-electron chi connectivity index (χ0n) is 18.2. The Morgan fingerprint density at radius 2 is 1.56 bits per heavy atom. The first-order valence-corrected chi connectivity index (χ1v) is 10.6. The van der Waals surface area contributed by atoms with E-state index in [0.29, 0.717) is 11.3 Å². The lowest BCUT2D eigenvalue weighted by molar-refractivity contribution is -0.241. The number of amides is 1. The van der Waals surface area contributed by atoms with Gasteiger partial charge in [-0.15, -0.1) is 0 Å². The number of rotatable bonds is 9. The van der Waals surface area contributed by atoms with Gasteiger partial charge in [0.15, 0.2) is 0 Å². The molecule has 1 heterocycles. The second-order valence-corrected chi connectivity index (χ2v) is 11.1. The highest BCUT2D eigenvalue weighted by Gasteiger charge is 2.72. The zero-order chi connectivity index (χ0) is 19.9. The molecule has 5 nitrogen and oxygen atoms in total. The van der Waals surface area contributed by atoms with Crippen LogP contribution in [0.2, 0.25) is 0 Å². The summed E-state index contributed by atoms with van der Waals surface area (Å²) >= 11 is 0. The van der Waals surface area contributed by atoms with Crippen molar-refractivity contribution < 1.29 is 19.0 Å². The van der Waals surface area contributed by atoms with Crippen molar-refractivity contribution in [2.45, 2.75) is 91.0 Å². The molecule has 0 N–H and O–H groups in total. The number of hydrogen-bond acceptors (Lipinski definition) is 4. The summed E-state index contributed by atoms with van der Waals surface area (Å²) in [6.45, 7) is 16.4. The Morgan fingerprint density at radius 3 is 2.11 bits per heavy atom. The maximum absolute atomic E-state index is 12.8. The minimum absolute atomic E-state index is 0.0527. The molecule has 1 amide bonds. The van der Waals surface area contributed by atoms with Crippen molar-refractivity contribution in [3.05, 3.63) is 0 Å². The average Bonchev–Trinajstić information content (AvgIpc) is 2.39. The van der Waals surface area contributed by atoms with Gasteiger partial charge in [-0.1, -0.05) is 0 Å². The Hall–Kier alpha value is -0.650. The number of ether oxygens (including phenoxy) is 3. The van der Waals surface area contributed by atoms with Crippen molar-refractivity contribution in [3.8, 4) is 0 Å². The third kappa shape index (κ3) is 5.04. The largest absolute Gasteiger partial charge is 0.381 e. The van der Waals surface area contributed by atoms with Gasteiger partial charge in [0.2, 0.25) is 5.91 Å². The standard InChI is InChI=1S/C22H39NO4/c1-19(2,3)26-10-8-7-9-25-16-21-13-22(14-21,15-21)18(24)23-11-17(12-23)27-20(4,5)6/h17H,7-16H2,1-6H3. The molecule has 0 atom stereocenters. The van der Waals surface area contributed by atoms with Gasteiger partial charge in [-0.3, -0.25) is 4.79 Å². The summed E-state index contributed by atoms with van der Waals surface area (Å²) in [6, 6.07) is 0. The van der Waals surface area contributed by atoms with E-state index in [-0.39, 0.29) is 22.7 Å². The van der Waals surface area contributed by atoms with Crippen LogP contribution in [0.15, 0.2) is 0 Å². The smallest absolute Gasteiger partial charge is 0.229 e. The lowest BCUT2D eigenvalue weighted by Crippen LogP contribution is -2.72. The quantitative estimate of drug-likeness (QED) is 0.570. The van der Waals surface area contributed by atoms with Crippen LogP contribution in [0.3, 0.4) is 0 Å². The number of carbonyl (C=O) groups is 1. The number of unbranched alkanes of at least 4 members (excludes halogenated alkanes) is 1. The van der Waals surface area contributed by atoms with E-state index in [4.69, 9.17) is 14.2 Å². The van der Waals surface area contributed by atoms with Crippen LogP contribution in [-0.4, -0.2) is 61.0 Å². The van der Waals surface area contributed by atoms with Crippen LogP contribution in [-0.2, 0) is 19.0 Å². The topological polar surface area (TPSA) is 48.0 Å². The minimum Gasteiger partial charge on any atom is -0.381 e. The molecule has 3 saturated carbocycles. The van der Waals surface area contributed by atoms with E-state index < -0.39 is 0 Å². The van der Waals surface area contributed by atoms with Crippen LogP contribution in [0, 0.1) is 10.8 Å². The number of likely N-dealkylation sites (tertiary alicyclic amines) is 1. The van der Waals surface area contributed by atoms with Crippen molar-refractivity contribution in [1.82, 2.24) is 4.90 Å². The first-order chi connectivity index (χ1) is 12.4. The molecule has 0 spiro atoms. The van der Waals surface area contributed by atoms with Crippen LogP contribution in [0.1, 0.15) is 73.6 Å². The molecule has 1 aliphatic heterocycles. The molecule has 0 aromatic carbocycles. The fourth-order valence-corrected chi connectivity index (χ4v) is 4.87. The van der Waals surface area contributed by atoms with Gasteiger partial charge in [-0.05, 0) is 79.1 Å². The summed E-state index contributed by atoms with van der Waals surface area (Å²) in [5.41, 5.74) is 0.0552. The summed E-state index contributed by atoms with van der Waals surface area (Å²) in [5.74, 6) is 0.359. The van der Waals surface area contributed by atoms with Gasteiger partial charge in [-0.25, -0.2) is 0 Å². The van der Waals surface area contributed by atoms with Crippen molar-refractivity contribution in [3.63, 3.8) is 0 Å². The van der Waals surface area contributed by atoms with Crippen molar-refractivity contribution >= 4 is 5.91 Å². The number of hydrogen-bond donors (Lipinski definition) is 0. The van der Waals surface area contributed by atoms with Crippen LogP contribution in [0.5, 0.6) is 0 Å². The fourth-order valence-electron chi connectivity index (χ4n) is 4.87. The van der Waals surface area contributed by atoms with E-state index in [2.05, 4.69) is 41.5 Å². The molecular formula is C22H39NO4. The van der Waals surface area contributed by atoms with Crippen LogP contribution < -0.4 is 0 Å². The lowest BCUT2D eigenvalue weighted by atomic mass is 9.35. The number of carbonyl (C=O) groups excluding carboxylic acids is 1. The molecule has 1 saturated heterocycles. The molecule has 0 aromatic rings. The van der Waals surface area contributed by atoms with Gasteiger partial charge in [-0.2, -0.15) is 0 Å². The monoisotopic (exact) mass is 381 g/mol. The minimum atomic E-state index is -0.129. The lowest BCUT2D eigenvalue weighted by Gasteiger charge is -2.70. The van der Waals surface area contributed by atoms with Gasteiger partial charge in [0, 0.05) is 26.3 Å². The van der Waals surface area contributed by atoms with Crippen LogP contribution in [0.25, 0.3) is 0 Å². The third-order valence-electron chi connectivity index (χ3n) is 5.88. The highest BCUT2D eigenvalue weighted by atomic mass is 16.5. The maximum atomic E-state index is 12.8. The van der Waals surface area contributed by atoms with Crippen molar-refractivity contribution in [1.29, 1.82) is 0 Å². The molecule has 3 aliphatic carbocycles. The Morgan fingerprint density at radius 1 is 0.963 bits per heavy atom. The normalized spacial score (nSPS) is 30.5. The van der Waals surface area contributed by atoms with Gasteiger partial charge < -0.3 is 19.1 Å². The van der Waals surface area contributed by atoms with E-state index in [1.54, 1.807) is 0 Å². The third-order valence-corrected chi connectivity index (χ3v) is 5.88. The molecule has 0 unspecified atom stereocenters. The average molecular weight is 382 g/mol. The van der Waals surface area contributed by atoms with E-state index in [9.17, 15) is 4.79 Å². The molecule has 5 heteroatoms. The molecule has 2 bridgehead atoms. The van der Waals surface area contributed by atoms with Gasteiger partial charge in [0.25, 0.3) is 0 Å². The second-order valence-electron chi connectivity index (χ2n) is 11.1. The first-order valence-electron chi connectivity index (χ1n) is 10.6. The maximum Gasteiger partial charge on any atom is 0.229 e. The number of nitrogens with zero attached hydrogens (tertiary/aromatic N) is 1. The molecule has 4 fully saturated rings. The highest BCUT2D eigenvalue weighted by molar-refractivity contribution is 5.87. The summed E-state index contributed by atoms with van der Waals surface area (Å²) in [5, 5.41) is 0. The van der Waals surface area contributed by atoms with E-state index in [1.807, 2.05) is 4.90 Å². The Labute approximate surface area is 165 Å². The molecule has 0 aromatic heterocycles. The molecule has 4 aliphatic rings. The predicted molar refractivity (Wildman–Crippen MR) is 106 cm³/mol. The van der Waals surface area contributed by atoms with E-state index in [0.717, 1.165) is 65.0 Å². The Kier molecular flexibility index (Phi) is 5.70. The summed E-state index contributed by atoms with van der Waals surface area (Å²) < 4.78 is 17.6. The van der Waals surface area contributed by atoms with E-state index >= 15 is 0 Å². The highest BCUT2D eigenvalue weighted by Crippen LogP contribution is 2.74. The summed E-state index contributed by atoms with van der Waals surface area (Å²) in [6.07, 6.45) is 5.35. The zero-order valence-corrected chi connectivity index (χ0v) is 18.2. The van der Waals surface area contributed by atoms with Crippen molar-refractivity contribution in [2.75, 3.05) is 32.9 Å². The van der Waals surface area contributed by atoms with Gasteiger partial charge >= 0.3 is 0 Å². The molecular weight excluding hydrogens is 342 g/mol. The SMILES string of the molecule is CC(C)(C)OCCCCOCC12CC(C(=O)N3CC(OC(C)(C)C)C3)(C1)C2. The Balaban J connectivity index is 1.25. The fraction of sp³-hybridized carbons (Fsp3) is 0.955. The molecule has 0 radical (unpaired) electrons. The van der Waals surface area contributed by atoms with Crippen LogP contribution in [0.4, 0.5) is 0 Å². The second kappa shape index (κ2) is 7.31. The first kappa shape index (κ1) is 21.1. The summed E-state index contributed by atoms with van der Waals surface area (Å²) in [7, 11) is 0. The van der Waals surface area contributed by atoms with Crippen molar-refractivity contribution in [2.24, 2.45) is 10.8 Å². The van der Waals surface area contributed by atoms with E-state index in [1.165, 1.54) is 0 Å². The van der Waals surface area contributed by atoms with Gasteiger partial charge in [0.1, 0.15) is 0 Å². The molecule has 27 heavy (non-hydrogen) atoms. The Bertz CT molecular complexity index is 520. The summed E-state index contributed by atoms with van der Waals surface area (Å²) in [4.78, 5) is 14.8.